The Hall–Kier alpha value is -2.34. The molecule has 0 atom stereocenters. The summed E-state index contributed by atoms with van der Waals surface area (Å²) in [6, 6.07) is 7.78. The van der Waals surface area contributed by atoms with Gasteiger partial charge >= 0.3 is 0 Å². The summed E-state index contributed by atoms with van der Waals surface area (Å²) in [4.78, 5) is 28.1. The van der Waals surface area contributed by atoms with Gasteiger partial charge in [-0.15, -0.1) is 0 Å². The molecule has 138 valence electrons. The molecule has 0 spiro atoms. The minimum Gasteiger partial charge on any atom is -0.459 e. The fraction of sp³-hybridized carbons (Fsp3) is 0.368. The maximum atomic E-state index is 13.9. The van der Waals surface area contributed by atoms with Gasteiger partial charge in [-0.25, -0.2) is 4.39 Å². The minimum atomic E-state index is -0.420. The van der Waals surface area contributed by atoms with Gasteiger partial charge in [-0.05, 0) is 37.1 Å². The summed E-state index contributed by atoms with van der Waals surface area (Å²) in [5.41, 5.74) is 0.315. The molecule has 2 aromatic rings. The van der Waals surface area contributed by atoms with Crippen molar-refractivity contribution in [2.45, 2.75) is 19.4 Å². The first-order chi connectivity index (χ1) is 12.5. The molecular weight excluding hydrogens is 359 g/mol. The normalized spacial score (nSPS) is 15.1. The molecule has 0 saturated carbocycles. The molecule has 0 bridgehead atoms. The number of halogens is 2. The first kappa shape index (κ1) is 18.5. The zero-order valence-corrected chi connectivity index (χ0v) is 15.2. The van der Waals surface area contributed by atoms with Crippen LogP contribution in [0.5, 0.6) is 0 Å². The molecule has 1 aliphatic heterocycles. The summed E-state index contributed by atoms with van der Waals surface area (Å²) >= 11 is 6.04. The Balaban J connectivity index is 1.57. The number of furan rings is 1. The smallest absolute Gasteiger partial charge is 0.289 e. The molecule has 0 aliphatic carbocycles. The second kappa shape index (κ2) is 7.91. The number of benzene rings is 1. The summed E-state index contributed by atoms with van der Waals surface area (Å²) < 4.78 is 19.1. The molecule has 0 N–H and O–H groups in total. The van der Waals surface area contributed by atoms with Crippen molar-refractivity contribution in [3.05, 3.63) is 58.8 Å². The topological polar surface area (TPSA) is 53.8 Å². The lowest BCUT2D eigenvalue weighted by molar-refractivity contribution is -0.136. The van der Waals surface area contributed by atoms with Gasteiger partial charge in [0.1, 0.15) is 5.82 Å². The Kier molecular flexibility index (Phi) is 5.61. The highest BCUT2D eigenvalue weighted by Crippen LogP contribution is 2.24. The molecule has 7 heteroatoms. The Morgan fingerprint density at radius 3 is 2.62 bits per heavy atom. The van der Waals surface area contributed by atoms with E-state index in [-0.39, 0.29) is 24.3 Å². The fourth-order valence-corrected chi connectivity index (χ4v) is 3.42. The molecular formula is C19H20ClFN2O3. The van der Waals surface area contributed by atoms with Gasteiger partial charge in [-0.1, -0.05) is 17.7 Å². The van der Waals surface area contributed by atoms with Crippen LogP contribution in [-0.4, -0.2) is 41.8 Å². The lowest BCUT2D eigenvalue weighted by atomic mass is 9.95. The molecule has 1 fully saturated rings. The van der Waals surface area contributed by atoms with E-state index < -0.39 is 5.82 Å². The molecule has 26 heavy (non-hydrogen) atoms. The second-order valence-electron chi connectivity index (χ2n) is 6.44. The van der Waals surface area contributed by atoms with E-state index in [4.69, 9.17) is 16.0 Å². The number of carbonyl (C=O) groups is 2. The molecule has 0 unspecified atom stereocenters. The van der Waals surface area contributed by atoms with Gasteiger partial charge in [0.25, 0.3) is 5.91 Å². The van der Waals surface area contributed by atoms with Crippen LogP contribution in [0.1, 0.15) is 29.0 Å². The van der Waals surface area contributed by atoms with Crippen molar-refractivity contribution in [1.29, 1.82) is 0 Å². The highest BCUT2D eigenvalue weighted by atomic mass is 35.5. The van der Waals surface area contributed by atoms with Crippen molar-refractivity contribution in [2.24, 2.45) is 5.92 Å². The Morgan fingerprint density at radius 2 is 2.00 bits per heavy atom. The Bertz CT molecular complexity index is 766. The number of rotatable bonds is 4. The predicted octanol–water partition coefficient (Wildman–Crippen LogP) is 3.58. The van der Waals surface area contributed by atoms with Crippen LogP contribution in [-0.2, 0) is 11.3 Å². The lowest BCUT2D eigenvalue weighted by Crippen LogP contribution is -2.43. The molecule has 1 aliphatic rings. The van der Waals surface area contributed by atoms with Gasteiger partial charge in [0.2, 0.25) is 5.91 Å². The first-order valence-corrected chi connectivity index (χ1v) is 8.86. The third-order valence-corrected chi connectivity index (χ3v) is 5.05. The van der Waals surface area contributed by atoms with Crippen LogP contribution in [0.15, 0.2) is 41.0 Å². The Labute approximate surface area is 156 Å². The minimum absolute atomic E-state index is 0.0607. The summed E-state index contributed by atoms with van der Waals surface area (Å²) in [7, 11) is 1.64. The summed E-state index contributed by atoms with van der Waals surface area (Å²) in [5.74, 6) is -0.523. The van der Waals surface area contributed by atoms with Crippen LogP contribution < -0.4 is 0 Å². The van der Waals surface area contributed by atoms with E-state index in [2.05, 4.69) is 0 Å². The van der Waals surface area contributed by atoms with Crippen LogP contribution in [0, 0.1) is 11.7 Å². The van der Waals surface area contributed by atoms with E-state index in [1.165, 1.54) is 23.3 Å². The number of piperidine rings is 1. The first-order valence-electron chi connectivity index (χ1n) is 8.48. The van der Waals surface area contributed by atoms with Gasteiger partial charge in [0, 0.05) is 43.2 Å². The molecule has 2 amide bonds. The van der Waals surface area contributed by atoms with Crippen LogP contribution >= 0.6 is 11.6 Å². The van der Waals surface area contributed by atoms with Crippen molar-refractivity contribution in [2.75, 3.05) is 20.1 Å². The van der Waals surface area contributed by atoms with Gasteiger partial charge in [-0.3, -0.25) is 9.59 Å². The van der Waals surface area contributed by atoms with Gasteiger partial charge in [0.15, 0.2) is 5.76 Å². The largest absolute Gasteiger partial charge is 0.459 e. The maximum absolute atomic E-state index is 13.9. The summed E-state index contributed by atoms with van der Waals surface area (Å²) in [6.45, 7) is 1.10. The fourth-order valence-electron chi connectivity index (χ4n) is 3.20. The lowest BCUT2D eigenvalue weighted by Gasteiger charge is -2.33. The van der Waals surface area contributed by atoms with E-state index >= 15 is 0 Å². The van der Waals surface area contributed by atoms with E-state index in [9.17, 15) is 14.0 Å². The van der Waals surface area contributed by atoms with E-state index in [1.54, 1.807) is 30.1 Å². The van der Waals surface area contributed by atoms with Gasteiger partial charge < -0.3 is 14.2 Å². The number of likely N-dealkylation sites (tertiary alicyclic amines) is 1. The molecule has 1 aromatic heterocycles. The molecule has 1 aromatic carbocycles. The van der Waals surface area contributed by atoms with E-state index in [1.807, 2.05) is 0 Å². The van der Waals surface area contributed by atoms with Crippen molar-refractivity contribution >= 4 is 23.4 Å². The zero-order valence-electron chi connectivity index (χ0n) is 14.5. The quantitative estimate of drug-likeness (QED) is 0.817. The van der Waals surface area contributed by atoms with Crippen LogP contribution in [0.4, 0.5) is 4.39 Å². The van der Waals surface area contributed by atoms with Crippen LogP contribution in [0.2, 0.25) is 5.02 Å². The van der Waals surface area contributed by atoms with Crippen LogP contribution in [0.25, 0.3) is 0 Å². The molecule has 3 rings (SSSR count). The number of hydrogen-bond donors (Lipinski definition) is 0. The maximum Gasteiger partial charge on any atom is 0.289 e. The average Bonchev–Trinajstić information content (AvgIpc) is 3.18. The third kappa shape index (κ3) is 3.90. The van der Waals surface area contributed by atoms with Crippen molar-refractivity contribution < 1.29 is 18.4 Å². The van der Waals surface area contributed by atoms with Crippen molar-refractivity contribution in [3.8, 4) is 0 Å². The average molecular weight is 379 g/mol. The standard InChI is InChI=1S/C19H20ClFN2O3/c1-22(12-14-15(20)4-2-5-16(14)21)18(24)13-7-9-23(10-8-13)19(25)17-6-3-11-26-17/h2-6,11,13H,7-10,12H2,1H3. The number of hydrogen-bond acceptors (Lipinski definition) is 3. The molecule has 1 saturated heterocycles. The predicted molar refractivity (Wildman–Crippen MR) is 95.2 cm³/mol. The zero-order chi connectivity index (χ0) is 18.7. The number of amides is 2. The van der Waals surface area contributed by atoms with E-state index in [0.29, 0.717) is 42.3 Å². The SMILES string of the molecule is CN(Cc1c(F)cccc1Cl)C(=O)C1CCN(C(=O)c2ccco2)CC1. The summed E-state index contributed by atoms with van der Waals surface area (Å²) in [6.07, 6.45) is 2.60. The monoisotopic (exact) mass is 378 g/mol. The van der Waals surface area contributed by atoms with Crippen LogP contribution in [0.3, 0.4) is 0 Å². The summed E-state index contributed by atoms with van der Waals surface area (Å²) in [5, 5.41) is 0.309. The molecule has 5 nitrogen and oxygen atoms in total. The van der Waals surface area contributed by atoms with Gasteiger partial charge in [-0.2, -0.15) is 0 Å². The van der Waals surface area contributed by atoms with E-state index in [0.717, 1.165) is 0 Å². The van der Waals surface area contributed by atoms with Crippen molar-refractivity contribution in [1.82, 2.24) is 9.80 Å². The number of carbonyl (C=O) groups excluding carboxylic acids is 2. The van der Waals surface area contributed by atoms with Gasteiger partial charge in [0.05, 0.1) is 6.26 Å². The highest BCUT2D eigenvalue weighted by Gasteiger charge is 2.30. The molecule has 2 heterocycles. The number of nitrogens with zero attached hydrogens (tertiary/aromatic N) is 2. The molecule has 0 radical (unpaired) electrons. The highest BCUT2D eigenvalue weighted by molar-refractivity contribution is 6.31. The Morgan fingerprint density at radius 1 is 1.27 bits per heavy atom. The third-order valence-electron chi connectivity index (χ3n) is 4.70. The van der Waals surface area contributed by atoms with Crippen molar-refractivity contribution in [3.63, 3.8) is 0 Å². The second-order valence-corrected chi connectivity index (χ2v) is 6.85.